The van der Waals surface area contributed by atoms with E-state index in [1.807, 2.05) is 18.9 Å². The third-order valence-corrected chi connectivity index (χ3v) is 4.93. The van der Waals surface area contributed by atoms with E-state index in [9.17, 15) is 8.42 Å². The summed E-state index contributed by atoms with van der Waals surface area (Å²) in [6.45, 7) is 5.77. The largest absolute Gasteiger partial charge is 0.355 e. The number of benzene rings is 1. The molecule has 138 valence electrons. The Hall–Kier alpha value is -0.870. The molecule has 24 heavy (non-hydrogen) atoms. The molecular formula is C16H29IN4O2S. The van der Waals surface area contributed by atoms with Gasteiger partial charge in [-0.3, -0.25) is 4.99 Å². The maximum absolute atomic E-state index is 12.2. The molecule has 0 aliphatic rings. The van der Waals surface area contributed by atoms with Crippen molar-refractivity contribution in [2.75, 3.05) is 33.7 Å². The average molecular weight is 468 g/mol. The van der Waals surface area contributed by atoms with Gasteiger partial charge < -0.3 is 10.2 Å². The lowest BCUT2D eigenvalue weighted by Crippen LogP contribution is -2.42. The first-order chi connectivity index (χ1) is 10.9. The van der Waals surface area contributed by atoms with Crippen molar-refractivity contribution in [2.24, 2.45) is 4.99 Å². The van der Waals surface area contributed by atoms with Gasteiger partial charge in [0, 0.05) is 33.7 Å². The quantitative estimate of drug-likeness (QED) is 0.266. The monoisotopic (exact) mass is 468 g/mol. The van der Waals surface area contributed by atoms with E-state index in [0.29, 0.717) is 13.1 Å². The molecule has 8 heteroatoms. The summed E-state index contributed by atoms with van der Waals surface area (Å²) in [6, 6.07) is 6.81. The second-order valence-electron chi connectivity index (χ2n) is 5.46. The van der Waals surface area contributed by atoms with E-state index in [1.54, 1.807) is 31.3 Å². The standard InChI is InChI=1S/C16H28N4O2S.HI/c1-5-6-13-20(4)16(17-3)18-11-12-19-23(21,22)15-9-7-14(2)8-10-15;/h7-10,19H,5-6,11-13H2,1-4H3,(H,17,18);1H. The normalized spacial score (nSPS) is 11.8. The summed E-state index contributed by atoms with van der Waals surface area (Å²) in [6.07, 6.45) is 2.22. The van der Waals surface area contributed by atoms with Gasteiger partial charge in [-0.25, -0.2) is 13.1 Å². The smallest absolute Gasteiger partial charge is 0.240 e. The number of aliphatic imine (C=N–C) groups is 1. The van der Waals surface area contributed by atoms with Crippen molar-refractivity contribution in [3.63, 3.8) is 0 Å². The van der Waals surface area contributed by atoms with Gasteiger partial charge >= 0.3 is 0 Å². The minimum absolute atomic E-state index is 0. The predicted molar refractivity (Wildman–Crippen MR) is 111 cm³/mol. The molecule has 0 saturated heterocycles. The van der Waals surface area contributed by atoms with Gasteiger partial charge in [0.2, 0.25) is 10.0 Å². The summed E-state index contributed by atoms with van der Waals surface area (Å²) in [5.74, 6) is 0.771. The van der Waals surface area contributed by atoms with E-state index in [4.69, 9.17) is 0 Å². The summed E-state index contributed by atoms with van der Waals surface area (Å²) >= 11 is 0. The highest BCUT2D eigenvalue weighted by Crippen LogP contribution is 2.09. The lowest BCUT2D eigenvalue weighted by molar-refractivity contribution is 0.465. The molecule has 1 rings (SSSR count). The predicted octanol–water partition coefficient (Wildman–Crippen LogP) is 2.20. The Labute approximate surface area is 163 Å². The number of aryl methyl sites for hydroxylation is 1. The third kappa shape index (κ3) is 7.80. The van der Waals surface area contributed by atoms with Gasteiger partial charge in [0.25, 0.3) is 0 Å². The molecular weight excluding hydrogens is 439 g/mol. The first-order valence-corrected chi connectivity index (χ1v) is 9.37. The van der Waals surface area contributed by atoms with E-state index in [0.717, 1.165) is 30.9 Å². The fourth-order valence-electron chi connectivity index (χ4n) is 2.05. The molecule has 0 radical (unpaired) electrons. The Balaban J connectivity index is 0.00000529. The van der Waals surface area contributed by atoms with Gasteiger partial charge in [-0.05, 0) is 25.5 Å². The Morgan fingerprint density at radius 2 is 1.83 bits per heavy atom. The number of halogens is 1. The highest BCUT2D eigenvalue weighted by atomic mass is 127. The molecule has 0 fully saturated rings. The lowest BCUT2D eigenvalue weighted by Gasteiger charge is -2.21. The zero-order chi connectivity index (χ0) is 17.3. The van der Waals surface area contributed by atoms with Crippen molar-refractivity contribution in [3.05, 3.63) is 29.8 Å². The topological polar surface area (TPSA) is 73.8 Å². The molecule has 0 aliphatic heterocycles. The molecule has 2 N–H and O–H groups in total. The van der Waals surface area contributed by atoms with E-state index in [1.165, 1.54) is 0 Å². The van der Waals surface area contributed by atoms with Crippen LogP contribution < -0.4 is 10.0 Å². The molecule has 1 aromatic carbocycles. The fourth-order valence-corrected chi connectivity index (χ4v) is 3.08. The zero-order valence-corrected chi connectivity index (χ0v) is 18.0. The Morgan fingerprint density at radius 3 is 2.38 bits per heavy atom. The van der Waals surface area contributed by atoms with E-state index in [-0.39, 0.29) is 28.9 Å². The summed E-state index contributed by atoms with van der Waals surface area (Å²) in [5, 5.41) is 3.16. The molecule has 1 aromatic rings. The Kier molecular flexibility index (Phi) is 11.2. The molecule has 0 bridgehead atoms. The van der Waals surface area contributed by atoms with Gasteiger partial charge in [-0.1, -0.05) is 31.0 Å². The molecule has 0 amide bonds. The second-order valence-corrected chi connectivity index (χ2v) is 7.23. The van der Waals surface area contributed by atoms with Gasteiger partial charge in [0.1, 0.15) is 0 Å². The summed E-state index contributed by atoms with van der Waals surface area (Å²) in [5.41, 5.74) is 1.03. The number of hydrogen-bond donors (Lipinski definition) is 2. The highest BCUT2D eigenvalue weighted by Gasteiger charge is 2.13. The molecule has 0 saturated carbocycles. The molecule has 0 atom stereocenters. The van der Waals surface area contributed by atoms with E-state index < -0.39 is 10.0 Å². The van der Waals surface area contributed by atoms with Crippen LogP contribution in [0, 0.1) is 6.92 Å². The average Bonchev–Trinajstić information content (AvgIpc) is 2.53. The van der Waals surface area contributed by atoms with Crippen LogP contribution in [0.3, 0.4) is 0 Å². The third-order valence-electron chi connectivity index (χ3n) is 3.45. The number of unbranched alkanes of at least 4 members (excludes halogenated alkanes) is 1. The Bertz CT molecular complexity index is 603. The van der Waals surface area contributed by atoms with Crippen molar-refractivity contribution < 1.29 is 8.42 Å². The first kappa shape index (κ1) is 23.1. The molecule has 0 aliphatic carbocycles. The molecule has 0 unspecified atom stereocenters. The number of sulfonamides is 1. The van der Waals surface area contributed by atoms with Crippen LogP contribution >= 0.6 is 24.0 Å². The number of hydrogen-bond acceptors (Lipinski definition) is 3. The van der Waals surface area contributed by atoms with Crippen molar-refractivity contribution >= 4 is 40.0 Å². The number of guanidine groups is 1. The molecule has 6 nitrogen and oxygen atoms in total. The van der Waals surface area contributed by atoms with Crippen molar-refractivity contribution in [3.8, 4) is 0 Å². The van der Waals surface area contributed by atoms with Gasteiger partial charge in [0.05, 0.1) is 4.90 Å². The maximum atomic E-state index is 12.2. The van der Waals surface area contributed by atoms with Crippen LogP contribution in [-0.4, -0.2) is 53.0 Å². The molecule has 0 spiro atoms. The fraction of sp³-hybridized carbons (Fsp3) is 0.562. The molecule has 0 aromatic heterocycles. The van der Waals surface area contributed by atoms with Gasteiger partial charge in [0.15, 0.2) is 5.96 Å². The van der Waals surface area contributed by atoms with Crippen LogP contribution in [0.1, 0.15) is 25.3 Å². The number of nitrogens with one attached hydrogen (secondary N) is 2. The van der Waals surface area contributed by atoms with Crippen molar-refractivity contribution in [1.82, 2.24) is 14.9 Å². The highest BCUT2D eigenvalue weighted by molar-refractivity contribution is 14.0. The first-order valence-electron chi connectivity index (χ1n) is 7.89. The minimum atomic E-state index is -3.46. The lowest BCUT2D eigenvalue weighted by atomic mass is 10.2. The van der Waals surface area contributed by atoms with Crippen LogP contribution in [0.4, 0.5) is 0 Å². The Morgan fingerprint density at radius 1 is 1.21 bits per heavy atom. The summed E-state index contributed by atoms with van der Waals surface area (Å²) in [7, 11) is 0.238. The SMILES string of the molecule is CCCCN(C)C(=NC)NCCNS(=O)(=O)c1ccc(C)cc1.I. The maximum Gasteiger partial charge on any atom is 0.240 e. The number of rotatable bonds is 8. The van der Waals surface area contributed by atoms with Crippen LogP contribution in [0.5, 0.6) is 0 Å². The van der Waals surface area contributed by atoms with Crippen molar-refractivity contribution in [1.29, 1.82) is 0 Å². The molecule has 0 heterocycles. The van der Waals surface area contributed by atoms with Crippen molar-refractivity contribution in [2.45, 2.75) is 31.6 Å². The van der Waals surface area contributed by atoms with Crippen LogP contribution in [0.25, 0.3) is 0 Å². The summed E-state index contributed by atoms with van der Waals surface area (Å²) < 4.78 is 26.9. The van der Waals surface area contributed by atoms with Gasteiger partial charge in [-0.2, -0.15) is 0 Å². The minimum Gasteiger partial charge on any atom is -0.355 e. The van der Waals surface area contributed by atoms with Crippen LogP contribution in [0.15, 0.2) is 34.2 Å². The zero-order valence-electron chi connectivity index (χ0n) is 14.9. The van der Waals surface area contributed by atoms with Gasteiger partial charge in [-0.15, -0.1) is 24.0 Å². The number of nitrogens with zero attached hydrogens (tertiary/aromatic N) is 2. The summed E-state index contributed by atoms with van der Waals surface area (Å²) in [4.78, 5) is 6.52. The van der Waals surface area contributed by atoms with E-state index >= 15 is 0 Å². The van der Waals surface area contributed by atoms with E-state index in [2.05, 4.69) is 22.0 Å². The van der Waals surface area contributed by atoms with Crippen LogP contribution in [0.2, 0.25) is 0 Å². The second kappa shape index (κ2) is 11.6. The van der Waals surface area contributed by atoms with Crippen LogP contribution in [-0.2, 0) is 10.0 Å².